The summed E-state index contributed by atoms with van der Waals surface area (Å²) >= 11 is 2.98. The third-order valence-corrected chi connectivity index (χ3v) is 8.60. The molecule has 3 rings (SSSR count). The van der Waals surface area contributed by atoms with Crippen molar-refractivity contribution in [1.82, 2.24) is 9.21 Å². The van der Waals surface area contributed by atoms with Crippen LogP contribution in [0.25, 0.3) is 0 Å². The summed E-state index contributed by atoms with van der Waals surface area (Å²) in [6, 6.07) is 13.5. The Bertz CT molecular complexity index is 799. The quantitative estimate of drug-likeness (QED) is 0.520. The van der Waals surface area contributed by atoms with E-state index in [1.54, 1.807) is 34.2 Å². The van der Waals surface area contributed by atoms with Crippen LogP contribution in [-0.2, 0) is 14.8 Å². The predicted octanol–water partition coefficient (Wildman–Crippen LogP) is 3.15. The van der Waals surface area contributed by atoms with E-state index >= 15 is 0 Å². The van der Waals surface area contributed by atoms with Gasteiger partial charge in [-0.25, -0.2) is 8.42 Å². The minimum Gasteiger partial charge on any atom is -0.340 e. The van der Waals surface area contributed by atoms with E-state index in [-0.39, 0.29) is 5.91 Å². The molecule has 0 aliphatic carbocycles. The number of carbonyl (C=O) groups is 1. The molecule has 1 amide bonds. The first-order chi connectivity index (χ1) is 12.6. The summed E-state index contributed by atoms with van der Waals surface area (Å²) in [5, 5.41) is 1.76. The van der Waals surface area contributed by atoms with Crippen molar-refractivity contribution in [3.05, 3.63) is 47.8 Å². The fraction of sp³-hybridized carbons (Fsp3) is 0.389. The SMILES string of the molecule is O=C(CCCSc1ccccc1)N1CCN(S(=O)(=O)c2cccs2)CC1. The van der Waals surface area contributed by atoms with Crippen molar-refractivity contribution in [3.63, 3.8) is 0 Å². The molecule has 5 nitrogen and oxygen atoms in total. The number of sulfonamides is 1. The average Bonchev–Trinajstić information content (AvgIpc) is 3.22. The van der Waals surface area contributed by atoms with Gasteiger partial charge in [-0.15, -0.1) is 23.1 Å². The Labute approximate surface area is 163 Å². The maximum absolute atomic E-state index is 12.5. The fourth-order valence-electron chi connectivity index (χ4n) is 2.80. The van der Waals surface area contributed by atoms with Gasteiger partial charge in [0.05, 0.1) is 0 Å². The zero-order valence-corrected chi connectivity index (χ0v) is 16.9. The monoisotopic (exact) mass is 410 g/mol. The van der Waals surface area contributed by atoms with Crippen LogP contribution in [0.5, 0.6) is 0 Å². The largest absolute Gasteiger partial charge is 0.340 e. The van der Waals surface area contributed by atoms with Gasteiger partial charge in [-0.3, -0.25) is 4.79 Å². The minimum absolute atomic E-state index is 0.117. The zero-order valence-electron chi connectivity index (χ0n) is 14.4. The van der Waals surface area contributed by atoms with E-state index in [9.17, 15) is 13.2 Å². The van der Waals surface area contributed by atoms with Crippen LogP contribution in [0.15, 0.2) is 56.9 Å². The summed E-state index contributed by atoms with van der Waals surface area (Å²) in [4.78, 5) is 15.3. The van der Waals surface area contributed by atoms with Crippen molar-refractivity contribution in [1.29, 1.82) is 0 Å². The number of thioether (sulfide) groups is 1. The number of hydrogen-bond acceptors (Lipinski definition) is 5. The molecule has 0 atom stereocenters. The Morgan fingerprint density at radius 3 is 2.42 bits per heavy atom. The van der Waals surface area contributed by atoms with Gasteiger partial charge in [0.25, 0.3) is 10.0 Å². The normalized spacial score (nSPS) is 15.9. The number of rotatable bonds is 7. The molecule has 0 N–H and O–H groups in total. The molecular formula is C18H22N2O3S3. The Hall–Kier alpha value is -1.35. The lowest BCUT2D eigenvalue weighted by Gasteiger charge is -2.33. The van der Waals surface area contributed by atoms with Crippen LogP contribution in [0, 0.1) is 0 Å². The van der Waals surface area contributed by atoms with Crippen LogP contribution in [0.1, 0.15) is 12.8 Å². The van der Waals surface area contributed by atoms with Crippen molar-refractivity contribution >= 4 is 39.0 Å². The lowest BCUT2D eigenvalue weighted by atomic mass is 10.2. The number of benzene rings is 1. The number of nitrogens with zero attached hydrogens (tertiary/aromatic N) is 2. The molecule has 1 aromatic carbocycles. The number of hydrogen-bond donors (Lipinski definition) is 0. The van der Waals surface area contributed by atoms with Crippen LogP contribution >= 0.6 is 23.1 Å². The predicted molar refractivity (Wildman–Crippen MR) is 106 cm³/mol. The summed E-state index contributed by atoms with van der Waals surface area (Å²) in [7, 11) is -3.41. The second-order valence-corrected chi connectivity index (χ2v) is 10.3. The van der Waals surface area contributed by atoms with Gasteiger partial charge in [0.1, 0.15) is 4.21 Å². The van der Waals surface area contributed by atoms with E-state index in [0.717, 1.165) is 12.2 Å². The maximum atomic E-state index is 12.5. The molecule has 26 heavy (non-hydrogen) atoms. The van der Waals surface area contributed by atoms with E-state index in [1.807, 2.05) is 18.2 Å². The van der Waals surface area contributed by atoms with Crippen LogP contribution < -0.4 is 0 Å². The van der Waals surface area contributed by atoms with Gasteiger partial charge in [0.15, 0.2) is 0 Å². The Morgan fingerprint density at radius 2 is 1.77 bits per heavy atom. The van der Waals surface area contributed by atoms with Gasteiger partial charge in [-0.2, -0.15) is 4.31 Å². The minimum atomic E-state index is -3.41. The topological polar surface area (TPSA) is 57.7 Å². The number of carbonyl (C=O) groups excluding carboxylic acids is 1. The van der Waals surface area contributed by atoms with Gasteiger partial charge >= 0.3 is 0 Å². The summed E-state index contributed by atoms with van der Waals surface area (Å²) < 4.78 is 26.9. The van der Waals surface area contributed by atoms with Gasteiger partial charge in [-0.05, 0) is 35.8 Å². The standard InChI is InChI=1S/C18H22N2O3S3/c21-17(8-4-14-24-16-6-2-1-3-7-16)19-10-12-20(13-11-19)26(22,23)18-9-5-15-25-18/h1-3,5-7,9,15H,4,8,10-14H2. The summed E-state index contributed by atoms with van der Waals surface area (Å²) in [5.74, 6) is 1.02. The first kappa shape index (κ1) is 19.4. The van der Waals surface area contributed by atoms with Crippen molar-refractivity contribution in [2.24, 2.45) is 0 Å². The highest BCUT2D eigenvalue weighted by Gasteiger charge is 2.30. The second-order valence-electron chi connectivity index (χ2n) is 5.98. The van der Waals surface area contributed by atoms with Gasteiger partial charge in [-0.1, -0.05) is 24.3 Å². The number of piperazine rings is 1. The molecule has 1 fully saturated rings. The molecule has 2 heterocycles. The Morgan fingerprint density at radius 1 is 1.04 bits per heavy atom. The van der Waals surface area contributed by atoms with E-state index < -0.39 is 10.0 Å². The van der Waals surface area contributed by atoms with Crippen molar-refractivity contribution < 1.29 is 13.2 Å². The second kappa shape index (κ2) is 9.03. The molecule has 0 spiro atoms. The Balaban J connectivity index is 1.41. The van der Waals surface area contributed by atoms with Crippen LogP contribution in [0.2, 0.25) is 0 Å². The molecule has 0 radical (unpaired) electrons. The molecule has 1 saturated heterocycles. The third kappa shape index (κ3) is 4.88. The smallest absolute Gasteiger partial charge is 0.252 e. The van der Waals surface area contributed by atoms with Crippen LogP contribution in [0.3, 0.4) is 0 Å². The molecule has 1 aliphatic heterocycles. The van der Waals surface area contributed by atoms with Crippen molar-refractivity contribution in [3.8, 4) is 0 Å². The number of thiophene rings is 1. The maximum Gasteiger partial charge on any atom is 0.252 e. The number of amides is 1. The van der Waals surface area contributed by atoms with Crippen LogP contribution in [-0.4, -0.2) is 55.5 Å². The molecule has 140 valence electrons. The van der Waals surface area contributed by atoms with Crippen molar-refractivity contribution in [2.45, 2.75) is 21.9 Å². The van der Waals surface area contributed by atoms with E-state index in [0.29, 0.717) is 36.8 Å². The fourth-order valence-corrected chi connectivity index (χ4v) is 6.24. The summed E-state index contributed by atoms with van der Waals surface area (Å²) in [6.45, 7) is 1.67. The molecule has 1 aliphatic rings. The van der Waals surface area contributed by atoms with Crippen LogP contribution in [0.4, 0.5) is 0 Å². The van der Waals surface area contributed by atoms with Gasteiger partial charge in [0, 0.05) is 37.5 Å². The van der Waals surface area contributed by atoms with E-state index in [4.69, 9.17) is 0 Å². The van der Waals surface area contributed by atoms with Crippen molar-refractivity contribution in [2.75, 3.05) is 31.9 Å². The molecule has 1 aromatic heterocycles. The average molecular weight is 411 g/mol. The molecule has 0 bridgehead atoms. The lowest BCUT2D eigenvalue weighted by Crippen LogP contribution is -2.50. The van der Waals surface area contributed by atoms with E-state index in [1.165, 1.54) is 20.5 Å². The van der Waals surface area contributed by atoms with Gasteiger partial charge in [0.2, 0.25) is 5.91 Å². The zero-order chi connectivity index (χ0) is 18.4. The molecule has 0 saturated carbocycles. The lowest BCUT2D eigenvalue weighted by molar-refractivity contribution is -0.132. The van der Waals surface area contributed by atoms with Gasteiger partial charge < -0.3 is 4.90 Å². The molecule has 8 heteroatoms. The van der Waals surface area contributed by atoms with E-state index in [2.05, 4.69) is 12.1 Å². The molecular weight excluding hydrogens is 388 g/mol. The summed E-state index contributed by atoms with van der Waals surface area (Å²) in [5.41, 5.74) is 0. The highest BCUT2D eigenvalue weighted by molar-refractivity contribution is 7.99. The first-order valence-electron chi connectivity index (χ1n) is 8.56. The third-order valence-electron chi connectivity index (χ3n) is 4.23. The molecule has 2 aromatic rings. The molecule has 0 unspecified atom stereocenters. The summed E-state index contributed by atoms with van der Waals surface area (Å²) in [6.07, 6.45) is 1.34. The highest BCUT2D eigenvalue weighted by atomic mass is 32.2. The Kier molecular flexibility index (Phi) is 6.74. The highest BCUT2D eigenvalue weighted by Crippen LogP contribution is 2.22. The first-order valence-corrected chi connectivity index (χ1v) is 11.9.